The lowest BCUT2D eigenvalue weighted by Gasteiger charge is -2.12. The maximum absolute atomic E-state index is 12.3. The fourth-order valence-corrected chi connectivity index (χ4v) is 3.24. The summed E-state index contributed by atoms with van der Waals surface area (Å²) in [6, 6.07) is 11.1. The van der Waals surface area contributed by atoms with Crippen LogP contribution >= 0.6 is 27.5 Å². The number of hydrogen-bond donors (Lipinski definition) is 3. The quantitative estimate of drug-likeness (QED) is 0.565. The first kappa shape index (κ1) is 15.1. The molecule has 0 aromatic heterocycles. The molecule has 0 atom stereocenters. The second kappa shape index (κ2) is 6.01. The fraction of sp³-hybridized carbons (Fsp3) is 0. The number of nitrogens with two attached hydrogens (primary N) is 1. The zero-order chi connectivity index (χ0) is 14.8. The summed E-state index contributed by atoms with van der Waals surface area (Å²) >= 11 is 9.17. The van der Waals surface area contributed by atoms with E-state index in [1.165, 1.54) is 12.1 Å². The zero-order valence-electron chi connectivity index (χ0n) is 10.1. The van der Waals surface area contributed by atoms with Gasteiger partial charge in [0.2, 0.25) is 0 Å². The monoisotopic (exact) mass is 375 g/mol. The standard InChI is InChI=1S/C12H11BrClN3O2S/c13-9-6-5-8(7-10(9)14)17-20(18,19)12-4-2-1-3-11(12)16-15/h1-7,16-17H,15H2. The van der Waals surface area contributed by atoms with Gasteiger partial charge in [-0.1, -0.05) is 23.7 Å². The van der Waals surface area contributed by atoms with Gasteiger partial charge in [-0.15, -0.1) is 0 Å². The molecule has 8 heteroatoms. The average Bonchev–Trinajstić information content (AvgIpc) is 2.42. The summed E-state index contributed by atoms with van der Waals surface area (Å²) in [5.74, 6) is 5.32. The predicted octanol–water partition coefficient (Wildman–Crippen LogP) is 3.19. The summed E-state index contributed by atoms with van der Waals surface area (Å²) in [6.45, 7) is 0. The van der Waals surface area contributed by atoms with Crippen LogP contribution in [0, 0.1) is 0 Å². The van der Waals surface area contributed by atoms with E-state index in [0.29, 0.717) is 20.9 Å². The average molecular weight is 377 g/mol. The molecule has 0 unspecified atom stereocenters. The van der Waals surface area contributed by atoms with Gasteiger partial charge < -0.3 is 5.43 Å². The van der Waals surface area contributed by atoms with Crippen molar-refractivity contribution in [2.75, 3.05) is 10.1 Å². The highest BCUT2D eigenvalue weighted by Crippen LogP contribution is 2.28. The van der Waals surface area contributed by atoms with Crippen molar-refractivity contribution in [3.8, 4) is 0 Å². The van der Waals surface area contributed by atoms with Gasteiger partial charge in [-0.25, -0.2) is 8.42 Å². The zero-order valence-corrected chi connectivity index (χ0v) is 13.3. The molecule has 2 aromatic rings. The maximum Gasteiger partial charge on any atom is 0.264 e. The Hall–Kier alpha value is -1.28. The molecule has 2 rings (SSSR count). The molecule has 0 aliphatic carbocycles. The second-order valence-corrected chi connectivity index (χ2v) is 6.79. The van der Waals surface area contributed by atoms with E-state index in [2.05, 4.69) is 26.1 Å². The lowest BCUT2D eigenvalue weighted by molar-refractivity contribution is 0.601. The number of hydrogen-bond acceptors (Lipinski definition) is 4. The molecule has 106 valence electrons. The van der Waals surface area contributed by atoms with Gasteiger partial charge in [0, 0.05) is 4.47 Å². The summed E-state index contributed by atoms with van der Waals surface area (Å²) in [6.07, 6.45) is 0. The topological polar surface area (TPSA) is 84.2 Å². The predicted molar refractivity (Wildman–Crippen MR) is 84.2 cm³/mol. The van der Waals surface area contributed by atoms with E-state index in [0.717, 1.165) is 0 Å². The molecule has 5 nitrogen and oxygen atoms in total. The number of sulfonamides is 1. The van der Waals surface area contributed by atoms with Crippen LogP contribution in [0.3, 0.4) is 0 Å². The molecule has 0 amide bonds. The van der Waals surface area contributed by atoms with Crippen molar-refractivity contribution in [2.45, 2.75) is 4.90 Å². The third-order valence-corrected chi connectivity index (χ3v) is 5.18. The minimum atomic E-state index is -3.75. The Morgan fingerprint density at radius 3 is 2.50 bits per heavy atom. The summed E-state index contributed by atoms with van der Waals surface area (Å²) in [4.78, 5) is 0.0570. The summed E-state index contributed by atoms with van der Waals surface area (Å²) < 4.78 is 27.8. The van der Waals surface area contributed by atoms with Crippen LogP contribution in [0.15, 0.2) is 51.8 Å². The van der Waals surface area contributed by atoms with Crippen molar-refractivity contribution in [2.24, 2.45) is 5.84 Å². The molecule has 0 saturated carbocycles. The third kappa shape index (κ3) is 3.24. The Morgan fingerprint density at radius 2 is 1.85 bits per heavy atom. The minimum absolute atomic E-state index is 0.0570. The van der Waals surface area contributed by atoms with Crippen molar-refractivity contribution in [1.29, 1.82) is 0 Å². The van der Waals surface area contributed by atoms with Crippen molar-refractivity contribution in [3.05, 3.63) is 52.0 Å². The smallest absolute Gasteiger partial charge is 0.264 e. The highest BCUT2D eigenvalue weighted by atomic mass is 79.9. The summed E-state index contributed by atoms with van der Waals surface area (Å²) in [7, 11) is -3.75. The van der Waals surface area contributed by atoms with E-state index < -0.39 is 10.0 Å². The van der Waals surface area contributed by atoms with Gasteiger partial charge in [0.15, 0.2) is 0 Å². The molecule has 0 aliphatic rings. The largest absolute Gasteiger partial charge is 0.323 e. The highest BCUT2D eigenvalue weighted by Gasteiger charge is 2.18. The minimum Gasteiger partial charge on any atom is -0.323 e. The molecule has 2 aromatic carbocycles. The van der Waals surface area contributed by atoms with E-state index in [9.17, 15) is 8.42 Å². The van der Waals surface area contributed by atoms with E-state index in [4.69, 9.17) is 17.4 Å². The first-order valence-electron chi connectivity index (χ1n) is 5.47. The Kier molecular flexibility index (Phi) is 4.54. The molecule has 0 radical (unpaired) electrons. The number of hydrazine groups is 1. The molecule has 0 saturated heterocycles. The SMILES string of the molecule is NNc1ccccc1S(=O)(=O)Nc1ccc(Br)c(Cl)c1. The first-order chi connectivity index (χ1) is 9.44. The van der Waals surface area contributed by atoms with Gasteiger partial charge in [0.25, 0.3) is 10.0 Å². The molecule has 0 bridgehead atoms. The Morgan fingerprint density at radius 1 is 1.15 bits per heavy atom. The lowest BCUT2D eigenvalue weighted by atomic mass is 10.3. The van der Waals surface area contributed by atoms with Gasteiger partial charge in [-0.2, -0.15) is 0 Å². The Labute approximate surface area is 130 Å². The molecule has 0 aliphatic heterocycles. The number of halogens is 2. The molecular weight excluding hydrogens is 366 g/mol. The van der Waals surface area contributed by atoms with Crippen molar-refractivity contribution in [3.63, 3.8) is 0 Å². The maximum atomic E-state index is 12.3. The number of rotatable bonds is 4. The van der Waals surface area contributed by atoms with Crippen LogP contribution in [0.25, 0.3) is 0 Å². The third-order valence-electron chi connectivity index (χ3n) is 2.50. The Bertz CT molecular complexity index is 737. The van der Waals surface area contributed by atoms with Crippen molar-refractivity contribution in [1.82, 2.24) is 0 Å². The highest BCUT2D eigenvalue weighted by molar-refractivity contribution is 9.10. The van der Waals surface area contributed by atoms with E-state index >= 15 is 0 Å². The number of nitrogens with one attached hydrogen (secondary N) is 2. The second-order valence-electron chi connectivity index (χ2n) is 3.87. The molecule has 20 heavy (non-hydrogen) atoms. The van der Waals surface area contributed by atoms with Gasteiger partial charge in [-0.3, -0.25) is 10.6 Å². The van der Waals surface area contributed by atoms with Crippen LogP contribution in [0.1, 0.15) is 0 Å². The van der Waals surface area contributed by atoms with Crippen LogP contribution in [-0.2, 0) is 10.0 Å². The lowest BCUT2D eigenvalue weighted by Crippen LogP contribution is -2.17. The molecule has 4 N–H and O–H groups in total. The summed E-state index contributed by atoms with van der Waals surface area (Å²) in [5, 5.41) is 0.412. The molecule has 0 heterocycles. The first-order valence-corrected chi connectivity index (χ1v) is 8.13. The van der Waals surface area contributed by atoms with E-state index in [1.807, 2.05) is 0 Å². The van der Waals surface area contributed by atoms with Crippen LogP contribution < -0.4 is 16.0 Å². The van der Waals surface area contributed by atoms with Gasteiger partial charge in [0.1, 0.15) is 4.90 Å². The summed E-state index contributed by atoms with van der Waals surface area (Å²) in [5.41, 5.74) is 3.03. The van der Waals surface area contributed by atoms with Crippen LogP contribution in [-0.4, -0.2) is 8.42 Å². The van der Waals surface area contributed by atoms with Crippen LogP contribution in [0.5, 0.6) is 0 Å². The van der Waals surface area contributed by atoms with E-state index in [1.54, 1.807) is 30.3 Å². The molecule has 0 spiro atoms. The number of para-hydroxylation sites is 1. The molecule has 0 fully saturated rings. The number of anilines is 2. The fourth-order valence-electron chi connectivity index (χ4n) is 1.59. The normalized spacial score (nSPS) is 11.2. The molecular formula is C12H11BrClN3O2S. The van der Waals surface area contributed by atoms with Crippen LogP contribution in [0.2, 0.25) is 5.02 Å². The number of nitrogen functional groups attached to an aromatic ring is 1. The van der Waals surface area contributed by atoms with Crippen LogP contribution in [0.4, 0.5) is 11.4 Å². The van der Waals surface area contributed by atoms with Crippen molar-refractivity contribution >= 4 is 48.9 Å². The van der Waals surface area contributed by atoms with Gasteiger partial charge >= 0.3 is 0 Å². The van der Waals surface area contributed by atoms with E-state index in [-0.39, 0.29) is 4.90 Å². The Balaban J connectivity index is 2.38. The number of benzene rings is 2. The van der Waals surface area contributed by atoms with Gasteiger partial charge in [0.05, 0.1) is 16.4 Å². The van der Waals surface area contributed by atoms with Crippen molar-refractivity contribution < 1.29 is 8.42 Å². The van der Waals surface area contributed by atoms with Gasteiger partial charge in [-0.05, 0) is 46.3 Å².